The Morgan fingerprint density at radius 1 is 1.00 bits per heavy atom. The molecule has 1 saturated carbocycles. The summed E-state index contributed by atoms with van der Waals surface area (Å²) < 4.78 is 29.5. The van der Waals surface area contributed by atoms with Gasteiger partial charge in [-0.25, -0.2) is 9.59 Å². The Labute approximate surface area is 498 Å². The van der Waals surface area contributed by atoms with E-state index in [0.717, 1.165) is 46.2 Å². The fourth-order valence-corrected chi connectivity index (χ4v) is 12.8. The van der Waals surface area contributed by atoms with Crippen molar-refractivity contribution in [3.8, 4) is 5.75 Å². The Kier molecular flexibility index (Phi) is 22.0. The number of fused-ring (bicyclic) bond motifs is 5. The highest BCUT2D eigenvalue weighted by atomic mass is 35.5. The number of amides is 7. The van der Waals surface area contributed by atoms with Crippen LogP contribution in [0, 0.1) is 17.8 Å². The van der Waals surface area contributed by atoms with Crippen molar-refractivity contribution in [2.45, 2.75) is 145 Å². The topological polar surface area (TPSA) is 286 Å². The van der Waals surface area contributed by atoms with Crippen molar-refractivity contribution < 1.29 is 76.7 Å². The Hall–Kier alpha value is -6.66. The Morgan fingerprint density at radius 3 is 2.42 bits per heavy atom. The van der Waals surface area contributed by atoms with Gasteiger partial charge in [-0.1, -0.05) is 54.5 Å². The van der Waals surface area contributed by atoms with Crippen LogP contribution in [0.2, 0.25) is 5.02 Å². The Balaban J connectivity index is 0.895. The lowest BCUT2D eigenvalue weighted by molar-refractivity contribution is -0.162. The number of nitrogens with one attached hydrogen (secondary N) is 3. The van der Waals surface area contributed by atoms with Gasteiger partial charge >= 0.3 is 12.1 Å². The number of carbonyl (C=O) groups is 10. The number of thioether (sulfide) groups is 1. The molecule has 0 spiro atoms. The van der Waals surface area contributed by atoms with E-state index in [4.69, 9.17) is 35.3 Å². The highest BCUT2D eigenvalue weighted by Gasteiger charge is 2.64. The molecule has 4 fully saturated rings. The molecule has 3 unspecified atom stereocenters. The van der Waals surface area contributed by atoms with Gasteiger partial charge in [0.05, 0.1) is 30.6 Å². The zero-order valence-electron chi connectivity index (χ0n) is 48.8. The number of anilines is 1. The minimum atomic E-state index is -1.90. The number of rotatable bonds is 20. The van der Waals surface area contributed by atoms with E-state index in [1.807, 2.05) is 13.0 Å². The summed E-state index contributed by atoms with van der Waals surface area (Å²) in [5.74, 6) is -3.12. The lowest BCUT2D eigenvalue weighted by atomic mass is 9.81. The van der Waals surface area contributed by atoms with Crippen LogP contribution in [-0.2, 0) is 65.4 Å². The molecule has 0 radical (unpaired) electrons. The van der Waals surface area contributed by atoms with Crippen molar-refractivity contribution >= 4 is 89.1 Å². The number of esters is 1. The van der Waals surface area contributed by atoms with Crippen LogP contribution in [0.4, 0.5) is 10.5 Å². The fraction of sp³-hybridized carbons (Fsp3) is 0.567. The van der Waals surface area contributed by atoms with Crippen molar-refractivity contribution in [2.24, 2.45) is 17.8 Å². The molecule has 0 aromatic heterocycles. The van der Waals surface area contributed by atoms with Crippen LogP contribution in [0.15, 0.2) is 54.1 Å². The first-order chi connectivity index (χ1) is 39.9. The van der Waals surface area contributed by atoms with Crippen LogP contribution in [0.5, 0.6) is 5.75 Å². The van der Waals surface area contributed by atoms with Gasteiger partial charge in [0.15, 0.2) is 18.3 Å². The first kappa shape index (κ1) is 64.9. The average Bonchev–Trinajstić information content (AvgIpc) is 4.30. The van der Waals surface area contributed by atoms with Crippen molar-refractivity contribution in [2.75, 3.05) is 58.6 Å². The number of alkyl carbamates (subject to hydrolysis) is 1. The summed E-state index contributed by atoms with van der Waals surface area (Å²) in [4.78, 5) is 133. The van der Waals surface area contributed by atoms with Crippen molar-refractivity contribution in [3.63, 3.8) is 0 Å². The van der Waals surface area contributed by atoms with E-state index in [1.54, 1.807) is 56.3 Å². The number of aldehydes is 2. The molecular formula is C60H77ClN6O16S. The molecule has 7 rings (SSSR count). The molecule has 24 heteroatoms. The molecule has 2 aromatic rings. The SMILES string of the molecule is COc1cc2cc(c1Cl)N(C)C(=O)C[C@@H](OC(=O)[C@H](C)N(C)C(=O)CCSC1CC(=O)N(CCNC(=O)C3CCC(CNC(=O)CCc4ccc(C=O)c(C=O)c4)CC3)C1=O)[C@]1(C)OC1[C@H](C)[C@@H]1C[C@@](O)(NC(=O)O1)C(OC)/C=C\C=C(/C)C2. The van der Waals surface area contributed by atoms with Gasteiger partial charge in [-0.3, -0.25) is 48.6 Å². The highest BCUT2D eigenvalue weighted by molar-refractivity contribution is 8.00. The average molecular weight is 1210 g/mol. The molecule has 22 nitrogen and oxygen atoms in total. The maximum Gasteiger partial charge on any atom is 0.409 e. The number of ether oxygens (including phenoxy) is 5. The van der Waals surface area contributed by atoms with Gasteiger partial charge in [0, 0.05) is 95.2 Å². The summed E-state index contributed by atoms with van der Waals surface area (Å²) in [6, 6.07) is 7.25. The van der Waals surface area contributed by atoms with E-state index in [0.29, 0.717) is 61.8 Å². The first-order valence-electron chi connectivity index (χ1n) is 28.3. The molecule has 3 saturated heterocycles. The van der Waals surface area contributed by atoms with Crippen molar-refractivity contribution in [1.29, 1.82) is 0 Å². The normalized spacial score (nSPS) is 28.5. The number of likely N-dealkylation sites (tertiary alicyclic amines) is 1. The zero-order chi connectivity index (χ0) is 61.2. The Bertz CT molecular complexity index is 2920. The summed E-state index contributed by atoms with van der Waals surface area (Å²) in [6.45, 7) is 7.34. The molecule has 4 bridgehead atoms. The Morgan fingerprint density at radius 2 is 1.73 bits per heavy atom. The number of benzene rings is 2. The number of hydrogen-bond donors (Lipinski definition) is 4. The molecule has 2 aromatic carbocycles. The van der Waals surface area contributed by atoms with Crippen LogP contribution in [0.1, 0.15) is 117 Å². The van der Waals surface area contributed by atoms with Crippen LogP contribution in [0.3, 0.4) is 0 Å². The monoisotopic (exact) mass is 1200 g/mol. The third kappa shape index (κ3) is 15.6. The second-order valence-electron chi connectivity index (χ2n) is 22.6. The summed E-state index contributed by atoms with van der Waals surface area (Å²) in [5, 5.41) is 19.6. The number of carbonyl (C=O) groups excluding carboxylic acids is 10. The molecule has 7 amide bonds. The smallest absolute Gasteiger partial charge is 0.409 e. The lowest BCUT2D eigenvalue weighted by Crippen LogP contribution is -2.63. The van der Waals surface area contributed by atoms with E-state index < -0.39 is 95.1 Å². The number of methoxy groups -OCH3 is 2. The minimum absolute atomic E-state index is 0.0117. The molecule has 1 aliphatic carbocycles. The molecule has 456 valence electrons. The fourth-order valence-electron chi connectivity index (χ4n) is 11.4. The summed E-state index contributed by atoms with van der Waals surface area (Å²) in [7, 11) is 5.84. The van der Waals surface area contributed by atoms with Gasteiger partial charge in [-0.05, 0) is 94.5 Å². The number of allylic oxidation sites excluding steroid dienone is 3. The van der Waals surface area contributed by atoms with E-state index >= 15 is 0 Å². The van der Waals surface area contributed by atoms with Crippen LogP contribution < -0.4 is 25.6 Å². The molecule has 9 atom stereocenters. The van der Waals surface area contributed by atoms with E-state index in [2.05, 4.69) is 16.0 Å². The van der Waals surface area contributed by atoms with E-state index in [-0.39, 0.29) is 78.8 Å². The van der Waals surface area contributed by atoms with Crippen molar-refractivity contribution in [3.05, 3.63) is 81.4 Å². The standard InChI is InChI=1S/C60H77ClN6O16S/c1-34-10-9-11-47(80-8)60(78)30-45(81-58(77)64-60)35(2)54-59(4,83-54)48(29-51(72)66(6)43-26-39(24-34)27-44(79-7)53(43)61)82-57(76)36(3)65(5)50(71)20-23-84-46-28-52(73)67(56(46)75)22-21-62-55(74)40-16-13-38(14-17-40)31-63-49(70)19-15-37-12-18-41(32-68)42(25-37)33-69/h9-12,18,25-27,32-33,35-36,38,40,45-48,54,78H,13-17,19-24,28-31H2,1-8H3,(H,62,74)(H,63,70)(H,64,77)/b11-9-,34-10+/t35-,36+,38?,40?,45+,46?,47?,48-,54?,59+,60+/m1/s1. The third-order valence-electron chi connectivity index (χ3n) is 16.8. The van der Waals surface area contributed by atoms with Crippen LogP contribution in [0.25, 0.3) is 0 Å². The largest absolute Gasteiger partial charge is 0.495 e. The minimum Gasteiger partial charge on any atom is -0.495 e. The number of likely N-dealkylation sites (N-methyl/N-ethyl adjacent to an activating group) is 1. The molecule has 4 N–H and O–H groups in total. The quantitative estimate of drug-likeness (QED) is 0.0583. The van der Waals surface area contributed by atoms with Crippen LogP contribution in [-0.4, -0.2) is 176 Å². The molecule has 84 heavy (non-hydrogen) atoms. The van der Waals surface area contributed by atoms with Gasteiger partial charge < -0.3 is 49.2 Å². The van der Waals surface area contributed by atoms with Gasteiger partial charge in [0.1, 0.15) is 40.7 Å². The van der Waals surface area contributed by atoms with Gasteiger partial charge in [0.25, 0.3) is 0 Å². The van der Waals surface area contributed by atoms with Gasteiger partial charge in [0.2, 0.25) is 35.4 Å². The van der Waals surface area contributed by atoms with Crippen LogP contribution >= 0.6 is 23.4 Å². The highest BCUT2D eigenvalue weighted by Crippen LogP contribution is 2.49. The number of aliphatic hydroxyl groups is 1. The second-order valence-corrected chi connectivity index (χ2v) is 24.3. The van der Waals surface area contributed by atoms with Gasteiger partial charge in [-0.15, -0.1) is 11.8 Å². The molecule has 4 heterocycles. The van der Waals surface area contributed by atoms with E-state index in [9.17, 15) is 53.1 Å². The van der Waals surface area contributed by atoms with Gasteiger partial charge in [-0.2, -0.15) is 0 Å². The number of hydrogen-bond acceptors (Lipinski definition) is 17. The summed E-state index contributed by atoms with van der Waals surface area (Å²) in [6.07, 6.45) is 4.64. The first-order valence-corrected chi connectivity index (χ1v) is 29.7. The molecule has 5 aliphatic rings. The molecule has 4 aliphatic heterocycles. The van der Waals surface area contributed by atoms with Crippen molar-refractivity contribution in [1.82, 2.24) is 25.8 Å². The summed E-state index contributed by atoms with van der Waals surface area (Å²) in [5.41, 5.74) is 0.110. The third-order valence-corrected chi connectivity index (χ3v) is 18.4. The maximum atomic E-state index is 14.4. The number of imide groups is 1. The molecular weight excluding hydrogens is 1130 g/mol. The zero-order valence-corrected chi connectivity index (χ0v) is 50.3. The summed E-state index contributed by atoms with van der Waals surface area (Å²) >= 11 is 7.97. The number of nitrogens with zero attached hydrogens (tertiary/aromatic N) is 3. The number of aryl methyl sites for hydroxylation is 1. The second kappa shape index (κ2) is 28.5. The van der Waals surface area contributed by atoms with E-state index in [1.165, 1.54) is 45.0 Å². The maximum absolute atomic E-state index is 14.4. The predicted octanol–water partition coefficient (Wildman–Crippen LogP) is 5.06. The number of epoxide rings is 1. The lowest BCUT2D eigenvalue weighted by Gasteiger charge is -2.42. The number of halogens is 1. The predicted molar refractivity (Wildman–Crippen MR) is 310 cm³/mol.